The van der Waals surface area contributed by atoms with Gasteiger partial charge in [0, 0.05) is 19.0 Å². The van der Waals surface area contributed by atoms with Crippen LogP contribution in [0.4, 0.5) is 16.2 Å². The van der Waals surface area contributed by atoms with E-state index in [-0.39, 0.29) is 47.4 Å². The van der Waals surface area contributed by atoms with Crippen LogP contribution in [0.1, 0.15) is 38.0 Å². The lowest BCUT2D eigenvalue weighted by Gasteiger charge is -2.26. The normalized spacial score (nSPS) is 30.3. The first-order valence-corrected chi connectivity index (χ1v) is 19.2. The van der Waals surface area contributed by atoms with Gasteiger partial charge in [-0.2, -0.15) is 4.98 Å². The highest BCUT2D eigenvalue weighted by Crippen LogP contribution is 2.59. The molecular weight excluding hydrogens is 691 g/mol. The predicted molar refractivity (Wildman–Crippen MR) is 163 cm³/mol. The number of hydrogen-bond acceptors (Lipinski definition) is 15. The minimum absolute atomic E-state index is 0.00976. The summed E-state index contributed by atoms with van der Waals surface area (Å²) < 4.78 is 58.0. The van der Waals surface area contributed by atoms with E-state index in [1.54, 1.807) is 4.57 Å². The second-order valence-corrected chi connectivity index (χ2v) is 16.7. The van der Waals surface area contributed by atoms with Crippen LogP contribution >= 0.6 is 25.8 Å². The van der Waals surface area contributed by atoms with Crippen LogP contribution in [0.25, 0.3) is 22.2 Å². The Kier molecular flexibility index (Phi) is 8.04. The van der Waals surface area contributed by atoms with Gasteiger partial charge in [0.25, 0.3) is 5.56 Å². The highest BCUT2D eigenvalue weighted by Gasteiger charge is 2.61. The second-order valence-electron chi connectivity index (χ2n) is 11.2. The van der Waals surface area contributed by atoms with Gasteiger partial charge >= 0.3 is 6.72 Å². The zero-order chi connectivity index (χ0) is 32.6. The molecule has 8 atom stereocenters. The first kappa shape index (κ1) is 32.0. The first-order chi connectivity index (χ1) is 21.7. The summed E-state index contributed by atoms with van der Waals surface area (Å²) in [4.78, 5) is 53.5. The van der Waals surface area contributed by atoms with Gasteiger partial charge in [0.15, 0.2) is 29.4 Å². The Bertz CT molecular complexity index is 1990. The molecule has 0 radical (unpaired) electrons. The molecular formula is C23H27FN9O9P2S2-. The molecule has 4 aromatic rings. The second kappa shape index (κ2) is 11.6. The maximum Gasteiger partial charge on any atom is 0.324 e. The van der Waals surface area contributed by atoms with Crippen molar-refractivity contribution in [3.05, 3.63) is 35.0 Å². The number of nitrogen functional groups attached to an aromatic ring is 2. The van der Waals surface area contributed by atoms with Gasteiger partial charge in [-0.1, -0.05) is 0 Å². The molecule has 3 fully saturated rings. The monoisotopic (exact) mass is 718 g/mol. The predicted octanol–water partition coefficient (Wildman–Crippen LogP) is 1.05. The van der Waals surface area contributed by atoms with Gasteiger partial charge in [-0.25, -0.2) is 19.3 Å². The Balaban J connectivity index is 1.01. The van der Waals surface area contributed by atoms with Gasteiger partial charge in [0.05, 0.1) is 48.8 Å². The molecule has 1 spiro atoms. The van der Waals surface area contributed by atoms with Crippen LogP contribution in [0.3, 0.4) is 0 Å². The fourth-order valence-corrected chi connectivity index (χ4v) is 8.15. The third kappa shape index (κ3) is 6.10. The minimum atomic E-state index is -4.46. The van der Waals surface area contributed by atoms with Crippen LogP contribution in [-0.4, -0.2) is 76.1 Å². The number of rotatable bonds is 10. The van der Waals surface area contributed by atoms with Crippen molar-refractivity contribution in [2.75, 3.05) is 24.7 Å². The molecule has 0 aromatic carbocycles. The molecule has 4 aromatic heterocycles. The van der Waals surface area contributed by atoms with Crippen LogP contribution < -0.4 is 21.9 Å². The number of aromatic nitrogens is 7. The number of imidazole rings is 1. The molecule has 7 rings (SSSR count). The summed E-state index contributed by atoms with van der Waals surface area (Å²) in [5.41, 5.74) is 11.2. The number of H-pyrrole nitrogens is 1. The zero-order valence-corrected chi connectivity index (χ0v) is 27.0. The molecule has 1 saturated carbocycles. The molecule has 46 heavy (non-hydrogen) atoms. The molecule has 2 saturated heterocycles. The van der Waals surface area contributed by atoms with E-state index >= 15 is 0 Å². The highest BCUT2D eigenvalue weighted by atomic mass is 32.7. The topological polar surface area (TPSA) is 253 Å². The van der Waals surface area contributed by atoms with Gasteiger partial charge in [0.1, 0.15) is 24.5 Å². The molecule has 4 unspecified atom stereocenters. The number of halogens is 1. The number of nitrogens with two attached hydrogens (primary N) is 2. The summed E-state index contributed by atoms with van der Waals surface area (Å²) in [7, 11) is 0. The molecule has 2 aliphatic heterocycles. The number of anilines is 2. The number of hydrogen-bond donors (Lipinski definition) is 5. The van der Waals surface area contributed by atoms with Crippen molar-refractivity contribution < 1.29 is 41.8 Å². The maximum atomic E-state index is 14.7. The van der Waals surface area contributed by atoms with Gasteiger partial charge < -0.3 is 53.4 Å². The summed E-state index contributed by atoms with van der Waals surface area (Å²) >= 11 is 8.70. The lowest BCUT2D eigenvalue weighted by Crippen LogP contribution is -2.29. The number of thiol groups is 1. The molecule has 18 nitrogen and oxygen atoms in total. The van der Waals surface area contributed by atoms with Crippen molar-refractivity contribution in [3.8, 4) is 0 Å². The van der Waals surface area contributed by atoms with Crippen LogP contribution in [0, 0.1) is 5.82 Å². The first-order valence-electron chi connectivity index (χ1n) is 13.9. The Morgan fingerprint density at radius 3 is 2.85 bits per heavy atom. The molecule has 248 valence electrons. The van der Waals surface area contributed by atoms with Crippen molar-refractivity contribution >= 4 is 71.5 Å². The molecule has 1 aliphatic carbocycles. The maximum absolute atomic E-state index is 14.7. The van der Waals surface area contributed by atoms with E-state index in [0.717, 1.165) is 12.5 Å². The fraction of sp³-hybridized carbons (Fsp3) is 0.522. The van der Waals surface area contributed by atoms with Crippen LogP contribution in [0.5, 0.6) is 0 Å². The summed E-state index contributed by atoms with van der Waals surface area (Å²) in [6.45, 7) is -9.02. The molecule has 3 aliphatic rings. The quantitative estimate of drug-likeness (QED) is 0.113. The molecule has 6 N–H and O–H groups in total. The van der Waals surface area contributed by atoms with E-state index in [1.165, 1.54) is 10.9 Å². The third-order valence-corrected chi connectivity index (χ3v) is 10.6. The lowest BCUT2D eigenvalue weighted by molar-refractivity contribution is -0.192. The van der Waals surface area contributed by atoms with Crippen molar-refractivity contribution in [3.63, 3.8) is 0 Å². The molecule has 0 bridgehead atoms. The van der Waals surface area contributed by atoms with E-state index in [1.807, 2.05) is 0 Å². The minimum Gasteiger partial charge on any atom is -0.770 e. The van der Waals surface area contributed by atoms with Crippen LogP contribution in [-0.2, 0) is 39.4 Å². The van der Waals surface area contributed by atoms with Crippen molar-refractivity contribution in [1.82, 2.24) is 34.1 Å². The Morgan fingerprint density at radius 2 is 2.07 bits per heavy atom. The van der Waals surface area contributed by atoms with Gasteiger partial charge in [-0.15, -0.1) is 12.2 Å². The molecule has 23 heteroatoms. The Hall–Kier alpha value is -2.55. The van der Waals surface area contributed by atoms with Crippen LogP contribution in [0.15, 0.2) is 23.6 Å². The highest BCUT2D eigenvalue weighted by molar-refractivity contribution is 8.43. The molecule has 6 heterocycles. The zero-order valence-electron chi connectivity index (χ0n) is 23.5. The average molecular weight is 719 g/mol. The van der Waals surface area contributed by atoms with Gasteiger partial charge in [0.2, 0.25) is 5.95 Å². The SMILES string of the molecule is Nc1nc2c(ncn2C2CC23CC[C@@H](COP(O)(=S)O[C@H]2C[C@H](n4cc(F)c5c(N)ncnc54)O[C@@H]2COP(=O)([O-])S)O3)c(=O)[nH]1. The number of ether oxygens (including phenoxy) is 2. The summed E-state index contributed by atoms with van der Waals surface area (Å²) in [5, 5.41) is -0.0131. The third-order valence-electron chi connectivity index (χ3n) is 8.24. The standard InChI is InChI=1S/C23H28FN9O9P2S2/c24-11-5-32(19-16(11)18(25)27-8-28-19)15-3-12(13(40-15)7-38-43(35,36)45)42-44(37,46)39-6-10-1-2-23(41-10)4-14(23)33-9-29-17-20(33)30-22(26)31-21(17)34/h5,8-10,12-15H,1-4,6-7H2,(H,37,46)(H2,25,27,28)(H2,35,36,45)(H3,26,30,31,34)/p-1/t10-,12-,13+,14?,15+,23?,44?/m0/s1. The van der Waals surface area contributed by atoms with E-state index in [2.05, 4.69) is 37.2 Å². The van der Waals surface area contributed by atoms with Crippen molar-refractivity contribution in [2.24, 2.45) is 0 Å². The van der Waals surface area contributed by atoms with Crippen LogP contribution in [0.2, 0.25) is 0 Å². The Morgan fingerprint density at radius 1 is 1.26 bits per heavy atom. The number of nitrogens with one attached hydrogen (secondary N) is 1. The van der Waals surface area contributed by atoms with Gasteiger partial charge in [-0.05, 0) is 24.6 Å². The van der Waals surface area contributed by atoms with E-state index in [9.17, 15) is 23.5 Å². The summed E-state index contributed by atoms with van der Waals surface area (Å²) in [6.07, 6.45) is 2.27. The number of aromatic amines is 1. The van der Waals surface area contributed by atoms with E-state index in [0.29, 0.717) is 24.9 Å². The van der Waals surface area contributed by atoms with Crippen molar-refractivity contribution in [2.45, 2.75) is 61.9 Å². The number of nitrogens with zero attached hydrogens (tertiary/aromatic N) is 6. The number of fused-ring (bicyclic) bond motifs is 2. The largest absolute Gasteiger partial charge is 0.770 e. The fourth-order valence-electron chi connectivity index (χ4n) is 6.12. The smallest absolute Gasteiger partial charge is 0.324 e. The summed E-state index contributed by atoms with van der Waals surface area (Å²) in [6, 6.07) is -0.128. The molecule has 0 amide bonds. The van der Waals surface area contributed by atoms with E-state index < -0.39 is 61.6 Å². The average Bonchev–Trinajstić information content (AvgIpc) is 3.41. The van der Waals surface area contributed by atoms with Crippen molar-refractivity contribution in [1.29, 1.82) is 0 Å². The van der Waals surface area contributed by atoms with E-state index in [4.69, 9.17) is 46.3 Å². The Labute approximate surface area is 268 Å². The van der Waals surface area contributed by atoms with Gasteiger partial charge in [-0.3, -0.25) is 14.3 Å². The lowest BCUT2D eigenvalue weighted by atomic mass is 10.2. The summed E-state index contributed by atoms with van der Waals surface area (Å²) in [5.74, 6) is -0.780.